The molecule has 0 aromatic carbocycles. The van der Waals surface area contributed by atoms with E-state index < -0.39 is 0 Å². The Bertz CT molecular complexity index is 454. The van der Waals surface area contributed by atoms with Crippen molar-refractivity contribution in [3.8, 4) is 6.07 Å². The first-order chi connectivity index (χ1) is 8.58. The molecule has 0 bridgehead atoms. The third kappa shape index (κ3) is 3.74. The number of esters is 1. The normalized spacial score (nSPS) is 13.2. The fourth-order valence-electron chi connectivity index (χ4n) is 1.41. The van der Waals surface area contributed by atoms with Crippen LogP contribution in [0.25, 0.3) is 0 Å². The van der Waals surface area contributed by atoms with Crippen molar-refractivity contribution in [2.45, 2.75) is 26.8 Å². The van der Waals surface area contributed by atoms with E-state index in [2.05, 4.69) is 10.3 Å². The van der Waals surface area contributed by atoms with Crippen molar-refractivity contribution < 1.29 is 9.53 Å². The van der Waals surface area contributed by atoms with Crippen LogP contribution in [0.1, 0.15) is 26.5 Å². The molecule has 0 amide bonds. The predicted molar refractivity (Wildman–Crippen MR) is 67.8 cm³/mol. The van der Waals surface area contributed by atoms with Crippen LogP contribution in [0, 0.1) is 17.2 Å². The van der Waals surface area contributed by atoms with Crippen LogP contribution in [-0.4, -0.2) is 23.6 Å². The number of anilines is 1. The van der Waals surface area contributed by atoms with Gasteiger partial charge in [0.2, 0.25) is 0 Å². The maximum atomic E-state index is 11.6. The molecule has 5 heteroatoms. The van der Waals surface area contributed by atoms with Gasteiger partial charge in [0.25, 0.3) is 0 Å². The second kappa shape index (κ2) is 6.60. The average molecular weight is 247 g/mol. The highest BCUT2D eigenvalue weighted by Crippen LogP contribution is 2.12. The molecule has 0 spiro atoms. The maximum Gasteiger partial charge on any atom is 0.310 e. The quantitative estimate of drug-likeness (QED) is 0.805. The number of nitrogens with zero attached hydrogens (tertiary/aromatic N) is 2. The number of nitrogens with one attached hydrogen (secondary N) is 1. The number of ether oxygens (including phenoxy) is 1. The van der Waals surface area contributed by atoms with Crippen LogP contribution >= 0.6 is 0 Å². The molecule has 0 fully saturated rings. The van der Waals surface area contributed by atoms with Gasteiger partial charge < -0.3 is 10.1 Å². The van der Waals surface area contributed by atoms with E-state index in [0.717, 1.165) is 0 Å². The lowest BCUT2D eigenvalue weighted by molar-refractivity contribution is -0.147. The summed E-state index contributed by atoms with van der Waals surface area (Å²) in [6, 6.07) is 6.98. The fourth-order valence-corrected chi connectivity index (χ4v) is 1.41. The number of hydrogen-bond donors (Lipinski definition) is 1. The predicted octanol–water partition coefficient (Wildman–Crippen LogP) is 1.95. The lowest BCUT2D eigenvalue weighted by Crippen LogP contribution is -2.31. The van der Waals surface area contributed by atoms with Gasteiger partial charge in [-0.2, -0.15) is 5.26 Å². The van der Waals surface area contributed by atoms with Crippen molar-refractivity contribution >= 4 is 11.8 Å². The van der Waals surface area contributed by atoms with E-state index in [-0.39, 0.29) is 17.9 Å². The molecule has 0 saturated carbocycles. The standard InChI is InChI=1S/C13H17N3O2/c1-4-18-13(17)9(2)10(3)15-12-7-5-6-11(8-14)16-12/h5-7,9-10H,4H2,1-3H3,(H,15,16)/t9-,10+/m0/s1. The number of nitriles is 1. The first-order valence-corrected chi connectivity index (χ1v) is 5.88. The Morgan fingerprint density at radius 1 is 1.56 bits per heavy atom. The first kappa shape index (κ1) is 14.0. The summed E-state index contributed by atoms with van der Waals surface area (Å²) in [5.74, 6) is 0.0594. The molecule has 1 N–H and O–H groups in total. The Kier molecular flexibility index (Phi) is 5.12. The van der Waals surface area contributed by atoms with Gasteiger partial charge in [0, 0.05) is 6.04 Å². The topological polar surface area (TPSA) is 75.0 Å². The molecule has 18 heavy (non-hydrogen) atoms. The van der Waals surface area contributed by atoms with Crippen molar-refractivity contribution in [3.05, 3.63) is 23.9 Å². The van der Waals surface area contributed by atoms with Crippen molar-refractivity contribution in [2.75, 3.05) is 11.9 Å². The molecule has 0 saturated heterocycles. The molecule has 1 aromatic rings. The molecule has 96 valence electrons. The van der Waals surface area contributed by atoms with Crippen LogP contribution in [0.15, 0.2) is 18.2 Å². The van der Waals surface area contributed by atoms with E-state index in [1.54, 1.807) is 32.0 Å². The van der Waals surface area contributed by atoms with Gasteiger partial charge in [-0.25, -0.2) is 4.98 Å². The fraction of sp³-hybridized carbons (Fsp3) is 0.462. The summed E-state index contributed by atoms with van der Waals surface area (Å²) < 4.78 is 4.96. The number of aromatic nitrogens is 1. The van der Waals surface area contributed by atoms with Crippen molar-refractivity contribution in [1.82, 2.24) is 4.98 Å². The molecule has 0 unspecified atom stereocenters. The summed E-state index contributed by atoms with van der Waals surface area (Å²) in [6.07, 6.45) is 0. The summed E-state index contributed by atoms with van der Waals surface area (Å²) in [4.78, 5) is 15.7. The van der Waals surface area contributed by atoms with E-state index >= 15 is 0 Å². The highest BCUT2D eigenvalue weighted by Gasteiger charge is 2.21. The van der Waals surface area contributed by atoms with Gasteiger partial charge in [-0.1, -0.05) is 6.07 Å². The maximum absolute atomic E-state index is 11.6. The molecule has 0 aliphatic heterocycles. The minimum Gasteiger partial charge on any atom is -0.466 e. The summed E-state index contributed by atoms with van der Waals surface area (Å²) in [5, 5.41) is 11.8. The number of hydrogen-bond acceptors (Lipinski definition) is 5. The highest BCUT2D eigenvalue weighted by molar-refractivity contribution is 5.73. The Balaban J connectivity index is 2.66. The molecular formula is C13H17N3O2. The molecule has 1 aromatic heterocycles. The van der Waals surface area contributed by atoms with Gasteiger partial charge in [-0.3, -0.25) is 4.79 Å². The lowest BCUT2D eigenvalue weighted by Gasteiger charge is -2.20. The summed E-state index contributed by atoms with van der Waals surface area (Å²) in [5.41, 5.74) is 0.344. The SMILES string of the molecule is CCOC(=O)[C@@H](C)[C@@H](C)Nc1cccc(C#N)n1. The molecule has 1 heterocycles. The molecular weight excluding hydrogens is 230 g/mol. The van der Waals surface area contributed by atoms with E-state index in [4.69, 9.17) is 10.00 Å². The van der Waals surface area contributed by atoms with Gasteiger partial charge in [0.15, 0.2) is 0 Å². The monoisotopic (exact) mass is 247 g/mol. The molecule has 0 aliphatic carbocycles. The Morgan fingerprint density at radius 3 is 2.89 bits per heavy atom. The molecule has 0 aliphatic rings. The summed E-state index contributed by atoms with van der Waals surface area (Å²) >= 11 is 0. The zero-order valence-electron chi connectivity index (χ0n) is 10.8. The molecule has 5 nitrogen and oxygen atoms in total. The van der Waals surface area contributed by atoms with Crippen LogP contribution in [0.3, 0.4) is 0 Å². The van der Waals surface area contributed by atoms with E-state index in [0.29, 0.717) is 18.1 Å². The number of carbonyl (C=O) groups is 1. The Labute approximate surface area is 107 Å². The number of pyridine rings is 1. The average Bonchev–Trinajstić information content (AvgIpc) is 2.38. The minimum absolute atomic E-state index is 0.120. The van der Waals surface area contributed by atoms with Gasteiger partial charge in [0.1, 0.15) is 17.6 Å². The van der Waals surface area contributed by atoms with E-state index in [1.807, 2.05) is 13.0 Å². The highest BCUT2D eigenvalue weighted by atomic mass is 16.5. The van der Waals surface area contributed by atoms with Gasteiger partial charge in [-0.15, -0.1) is 0 Å². The third-order valence-corrected chi connectivity index (χ3v) is 2.65. The molecule has 1 rings (SSSR count). The minimum atomic E-state index is -0.280. The van der Waals surface area contributed by atoms with Crippen LogP contribution in [0.5, 0.6) is 0 Å². The number of carbonyl (C=O) groups excluding carboxylic acids is 1. The third-order valence-electron chi connectivity index (χ3n) is 2.65. The smallest absolute Gasteiger partial charge is 0.310 e. The summed E-state index contributed by atoms with van der Waals surface area (Å²) in [6.45, 7) is 5.82. The van der Waals surface area contributed by atoms with E-state index in [1.165, 1.54) is 0 Å². The Morgan fingerprint density at radius 2 is 2.28 bits per heavy atom. The molecule has 0 radical (unpaired) electrons. The van der Waals surface area contributed by atoms with Crippen molar-refractivity contribution in [3.63, 3.8) is 0 Å². The lowest BCUT2D eigenvalue weighted by atomic mass is 10.0. The van der Waals surface area contributed by atoms with Gasteiger partial charge in [-0.05, 0) is 32.9 Å². The van der Waals surface area contributed by atoms with Gasteiger partial charge >= 0.3 is 5.97 Å². The van der Waals surface area contributed by atoms with Gasteiger partial charge in [0.05, 0.1) is 12.5 Å². The zero-order valence-corrected chi connectivity index (χ0v) is 10.8. The molecule has 2 atom stereocenters. The summed E-state index contributed by atoms with van der Waals surface area (Å²) in [7, 11) is 0. The van der Waals surface area contributed by atoms with Crippen molar-refractivity contribution in [1.29, 1.82) is 5.26 Å². The second-order valence-electron chi connectivity index (χ2n) is 3.99. The zero-order chi connectivity index (χ0) is 13.5. The van der Waals surface area contributed by atoms with Crippen molar-refractivity contribution in [2.24, 2.45) is 5.92 Å². The van der Waals surface area contributed by atoms with E-state index in [9.17, 15) is 4.79 Å². The first-order valence-electron chi connectivity index (χ1n) is 5.88. The van der Waals surface area contributed by atoms with Crippen LogP contribution in [0.4, 0.5) is 5.82 Å². The Hall–Kier alpha value is -2.09. The van der Waals surface area contributed by atoms with Crippen LogP contribution in [0.2, 0.25) is 0 Å². The second-order valence-corrected chi connectivity index (χ2v) is 3.99. The van der Waals surface area contributed by atoms with Crippen LogP contribution in [-0.2, 0) is 9.53 Å². The van der Waals surface area contributed by atoms with Crippen LogP contribution < -0.4 is 5.32 Å². The largest absolute Gasteiger partial charge is 0.466 e. The number of rotatable bonds is 5.